The van der Waals surface area contributed by atoms with Crippen LogP contribution in [0.4, 0.5) is 0 Å². The quantitative estimate of drug-likeness (QED) is 0.787. The van der Waals surface area contributed by atoms with Gasteiger partial charge in [0.15, 0.2) is 0 Å². The first-order valence-electron chi connectivity index (χ1n) is 5.69. The minimum absolute atomic E-state index is 0.0699. The van der Waals surface area contributed by atoms with Gasteiger partial charge in [0.05, 0.1) is 0 Å². The summed E-state index contributed by atoms with van der Waals surface area (Å²) in [6.45, 7) is 4.71. The second-order valence-corrected chi connectivity index (χ2v) is 5.89. The van der Waals surface area contributed by atoms with E-state index < -0.39 is 0 Å². The fraction of sp³-hybridized carbons (Fsp3) is 0.308. The molecular formula is C13H16N2OSe. The predicted molar refractivity (Wildman–Crippen MR) is 71.3 cm³/mol. The van der Waals surface area contributed by atoms with Crippen molar-refractivity contribution in [2.75, 3.05) is 6.61 Å². The van der Waals surface area contributed by atoms with Crippen LogP contribution >= 0.6 is 0 Å². The number of hydrogen-bond acceptors (Lipinski definition) is 3. The van der Waals surface area contributed by atoms with Gasteiger partial charge < -0.3 is 0 Å². The van der Waals surface area contributed by atoms with Gasteiger partial charge in [0.1, 0.15) is 0 Å². The predicted octanol–water partition coefficient (Wildman–Crippen LogP) is 1.54. The maximum atomic E-state index is 5.65. The van der Waals surface area contributed by atoms with Crippen molar-refractivity contribution in [1.82, 2.24) is 5.06 Å². The van der Waals surface area contributed by atoms with Crippen LogP contribution < -0.4 is 4.46 Å². The molecule has 1 heterocycles. The van der Waals surface area contributed by atoms with Crippen LogP contribution in [0.1, 0.15) is 13.8 Å². The molecule has 0 radical (unpaired) electrons. The number of nitrogens with zero attached hydrogens (tertiary/aromatic N) is 2. The summed E-state index contributed by atoms with van der Waals surface area (Å²) in [4.78, 5) is 9.98. The molecule has 1 unspecified atom stereocenters. The van der Waals surface area contributed by atoms with Crippen molar-refractivity contribution in [2.45, 2.75) is 20.0 Å². The van der Waals surface area contributed by atoms with Crippen molar-refractivity contribution in [3.05, 3.63) is 41.0 Å². The van der Waals surface area contributed by atoms with Gasteiger partial charge in [-0.15, -0.1) is 0 Å². The fourth-order valence-corrected chi connectivity index (χ4v) is 3.56. The van der Waals surface area contributed by atoms with Crippen molar-refractivity contribution in [3.63, 3.8) is 0 Å². The SMILES string of the molecule is CCON1C([Se]c2ccccc2)=CC=NC1C. The van der Waals surface area contributed by atoms with Crippen LogP contribution in [0.3, 0.4) is 0 Å². The third-order valence-electron chi connectivity index (χ3n) is 2.31. The summed E-state index contributed by atoms with van der Waals surface area (Å²) < 4.78 is 2.56. The van der Waals surface area contributed by atoms with Crippen molar-refractivity contribution in [3.8, 4) is 0 Å². The minimum atomic E-state index is 0.0699. The first-order valence-corrected chi connectivity index (χ1v) is 7.41. The molecule has 0 fully saturated rings. The Morgan fingerprint density at radius 1 is 1.35 bits per heavy atom. The molecule has 0 saturated carbocycles. The van der Waals surface area contributed by atoms with Gasteiger partial charge in [0.25, 0.3) is 0 Å². The summed E-state index contributed by atoms with van der Waals surface area (Å²) in [7, 11) is 0. The van der Waals surface area contributed by atoms with Crippen LogP contribution in [0.15, 0.2) is 46.0 Å². The molecule has 4 heteroatoms. The molecule has 1 aliphatic rings. The molecule has 1 aliphatic heterocycles. The molecule has 0 saturated heterocycles. The summed E-state index contributed by atoms with van der Waals surface area (Å²) >= 11 is 0.261. The summed E-state index contributed by atoms with van der Waals surface area (Å²) in [6, 6.07) is 10.5. The average Bonchev–Trinajstić information content (AvgIpc) is 2.35. The van der Waals surface area contributed by atoms with Gasteiger partial charge in [-0.2, -0.15) is 0 Å². The summed E-state index contributed by atoms with van der Waals surface area (Å²) in [5, 5.41) is 1.92. The second kappa shape index (κ2) is 6.01. The molecule has 3 nitrogen and oxygen atoms in total. The van der Waals surface area contributed by atoms with Crippen molar-refractivity contribution >= 4 is 25.6 Å². The first kappa shape index (κ1) is 12.4. The molecule has 0 spiro atoms. The Morgan fingerprint density at radius 3 is 2.82 bits per heavy atom. The third kappa shape index (κ3) is 3.19. The van der Waals surface area contributed by atoms with E-state index in [0.717, 1.165) is 0 Å². The van der Waals surface area contributed by atoms with Crippen LogP contribution in [-0.4, -0.2) is 39.0 Å². The molecule has 17 heavy (non-hydrogen) atoms. The molecule has 1 aromatic rings. The van der Waals surface area contributed by atoms with E-state index in [2.05, 4.69) is 29.3 Å². The molecule has 90 valence electrons. The van der Waals surface area contributed by atoms with Crippen LogP contribution in [-0.2, 0) is 4.84 Å². The monoisotopic (exact) mass is 296 g/mol. The van der Waals surface area contributed by atoms with Crippen LogP contribution in [0.25, 0.3) is 0 Å². The van der Waals surface area contributed by atoms with Crippen LogP contribution in [0.5, 0.6) is 0 Å². The van der Waals surface area contributed by atoms with Gasteiger partial charge >= 0.3 is 108 Å². The Bertz CT molecular complexity index is 417. The number of aliphatic imine (C=N–C) groups is 1. The van der Waals surface area contributed by atoms with E-state index in [9.17, 15) is 0 Å². The maximum absolute atomic E-state index is 5.65. The molecule has 0 aromatic heterocycles. The number of rotatable bonds is 4. The van der Waals surface area contributed by atoms with Gasteiger partial charge in [-0.1, -0.05) is 0 Å². The van der Waals surface area contributed by atoms with Crippen molar-refractivity contribution in [2.24, 2.45) is 4.99 Å². The Hall–Kier alpha value is -1.09. The third-order valence-corrected chi connectivity index (χ3v) is 4.48. The molecule has 1 aromatic carbocycles. The van der Waals surface area contributed by atoms with E-state index in [-0.39, 0.29) is 21.1 Å². The first-order chi connectivity index (χ1) is 8.31. The molecule has 0 amide bonds. The standard InChI is InChI=1S/C13H16N2OSe/c1-3-16-15-11(2)14-10-9-13(15)17-12-7-5-4-6-8-12/h4-11H,3H2,1-2H3. The average molecular weight is 295 g/mol. The van der Waals surface area contributed by atoms with E-state index in [1.165, 1.54) is 9.06 Å². The van der Waals surface area contributed by atoms with Gasteiger partial charge in [0.2, 0.25) is 0 Å². The van der Waals surface area contributed by atoms with E-state index in [1.807, 2.05) is 37.3 Å². The second-order valence-electron chi connectivity index (χ2n) is 3.59. The Labute approximate surface area is 108 Å². The zero-order valence-electron chi connectivity index (χ0n) is 10.0. The Morgan fingerprint density at radius 2 is 2.12 bits per heavy atom. The number of hydrogen-bond donors (Lipinski definition) is 0. The van der Waals surface area contributed by atoms with Crippen molar-refractivity contribution < 1.29 is 4.84 Å². The molecule has 0 aliphatic carbocycles. The van der Waals surface area contributed by atoms with E-state index in [4.69, 9.17) is 4.84 Å². The zero-order chi connectivity index (χ0) is 12.1. The summed E-state index contributed by atoms with van der Waals surface area (Å²) in [5.74, 6) is 0. The molecule has 0 bridgehead atoms. The Kier molecular flexibility index (Phi) is 4.37. The van der Waals surface area contributed by atoms with E-state index >= 15 is 0 Å². The van der Waals surface area contributed by atoms with Gasteiger partial charge in [-0.05, 0) is 0 Å². The zero-order valence-corrected chi connectivity index (χ0v) is 11.7. The van der Waals surface area contributed by atoms with Crippen LogP contribution in [0, 0.1) is 0 Å². The van der Waals surface area contributed by atoms with Gasteiger partial charge in [0, 0.05) is 0 Å². The van der Waals surface area contributed by atoms with Crippen LogP contribution in [0.2, 0.25) is 0 Å². The summed E-state index contributed by atoms with van der Waals surface area (Å²) in [5.41, 5.74) is 0. The topological polar surface area (TPSA) is 24.8 Å². The number of hydroxylamine groups is 2. The summed E-state index contributed by atoms with van der Waals surface area (Å²) in [6.07, 6.45) is 3.99. The van der Waals surface area contributed by atoms with E-state index in [1.54, 1.807) is 0 Å². The Balaban J connectivity index is 2.12. The molecule has 1 atom stereocenters. The number of benzene rings is 1. The normalized spacial score (nSPS) is 19.3. The molecule has 2 rings (SSSR count). The van der Waals surface area contributed by atoms with Gasteiger partial charge in [-0.3, -0.25) is 0 Å². The van der Waals surface area contributed by atoms with Crippen molar-refractivity contribution in [1.29, 1.82) is 0 Å². The van der Waals surface area contributed by atoms with Gasteiger partial charge in [-0.25, -0.2) is 0 Å². The van der Waals surface area contributed by atoms with E-state index in [0.29, 0.717) is 6.61 Å². The molecule has 0 N–H and O–H groups in total. The number of allylic oxidation sites excluding steroid dienone is 1. The molecular weight excluding hydrogens is 279 g/mol. The fourth-order valence-electron chi connectivity index (χ4n) is 1.55.